The molecule has 0 fully saturated rings. The summed E-state index contributed by atoms with van der Waals surface area (Å²) in [6.07, 6.45) is 0.953. The number of hydrogen-bond donors (Lipinski definition) is 0. The van der Waals surface area contributed by atoms with E-state index < -0.39 is 7.26 Å². The van der Waals surface area contributed by atoms with Crippen molar-refractivity contribution in [3.05, 3.63) is 150 Å². The van der Waals surface area contributed by atoms with E-state index in [9.17, 15) is 0 Å². The van der Waals surface area contributed by atoms with Crippen LogP contribution in [-0.4, -0.2) is 0 Å². The quantitative estimate of drug-likeness (QED) is 0.254. The lowest BCUT2D eigenvalue weighted by atomic mass is 10.2. The number of aryl methyl sites for hydroxylation is 3. The minimum atomic E-state index is -1.98. The molecule has 37 heavy (non-hydrogen) atoms. The lowest BCUT2D eigenvalue weighted by Crippen LogP contribution is -3.00. The van der Waals surface area contributed by atoms with E-state index in [1.807, 2.05) is 30.3 Å². The maximum atomic E-state index is 6.07. The molecule has 0 saturated carbocycles. The number of benzene rings is 5. The predicted molar refractivity (Wildman–Crippen MR) is 156 cm³/mol. The summed E-state index contributed by atoms with van der Waals surface area (Å²) in [4.78, 5) is 0. The van der Waals surface area contributed by atoms with Gasteiger partial charge < -0.3 is 21.7 Å². The molecule has 1 nitrogen and oxygen atoms in total. The smallest absolute Gasteiger partial charge is 0.127 e. The fraction of sp³-hybridized carbons (Fsp3) is 0.118. The summed E-state index contributed by atoms with van der Waals surface area (Å²) in [6.45, 7) is 6.58. The van der Waals surface area contributed by atoms with Gasteiger partial charge in [0.1, 0.15) is 34.7 Å². The van der Waals surface area contributed by atoms with Crippen LogP contribution < -0.4 is 37.6 Å². The first-order chi connectivity index (χ1) is 17.5. The number of halogens is 1. The van der Waals surface area contributed by atoms with Gasteiger partial charge in [-0.2, -0.15) is 0 Å². The molecule has 0 atom stereocenters. The Balaban J connectivity index is 0.00000320. The third kappa shape index (κ3) is 6.04. The maximum Gasteiger partial charge on any atom is 0.127 e. The first-order valence-corrected chi connectivity index (χ1v) is 14.4. The zero-order valence-electron chi connectivity index (χ0n) is 21.6. The van der Waals surface area contributed by atoms with Gasteiger partial charge in [0, 0.05) is 0 Å². The summed E-state index contributed by atoms with van der Waals surface area (Å²) < 4.78 is 6.07. The van der Waals surface area contributed by atoms with Gasteiger partial charge in [0.05, 0.1) is 6.16 Å². The molecule has 0 bridgehead atoms. The molecule has 3 heteroatoms. The molecular weight excluding hydrogens is 535 g/mol. The zero-order chi connectivity index (χ0) is 25.0. The molecule has 0 amide bonds. The summed E-state index contributed by atoms with van der Waals surface area (Å²) >= 11 is 0. The first-order valence-electron chi connectivity index (χ1n) is 12.4. The molecule has 0 aliphatic carbocycles. The van der Waals surface area contributed by atoms with Crippen molar-refractivity contribution < 1.29 is 21.7 Å². The molecule has 0 spiro atoms. The van der Waals surface area contributed by atoms with Crippen molar-refractivity contribution >= 4 is 23.2 Å². The van der Waals surface area contributed by atoms with Crippen molar-refractivity contribution in [1.29, 1.82) is 0 Å². The largest absolute Gasteiger partial charge is 1.00 e. The van der Waals surface area contributed by atoms with Crippen molar-refractivity contribution in [2.24, 2.45) is 0 Å². The van der Waals surface area contributed by atoms with E-state index in [1.54, 1.807) is 0 Å². The van der Waals surface area contributed by atoms with Gasteiger partial charge in [-0.05, 0) is 104 Å². The molecule has 0 aromatic heterocycles. The van der Waals surface area contributed by atoms with E-state index in [4.69, 9.17) is 4.74 Å². The molecule has 186 valence electrons. The molecule has 0 saturated heterocycles. The summed E-state index contributed by atoms with van der Waals surface area (Å²) in [6, 6.07) is 46.0. The number of ether oxygens (including phenoxy) is 1. The molecule has 5 aromatic carbocycles. The maximum absolute atomic E-state index is 6.07. The van der Waals surface area contributed by atoms with Crippen LogP contribution in [0.5, 0.6) is 11.5 Å². The predicted octanol–water partition coefficient (Wildman–Crippen LogP) is 4.90. The first kappa shape index (κ1) is 26.9. The van der Waals surface area contributed by atoms with Crippen LogP contribution in [0.15, 0.2) is 127 Å². The van der Waals surface area contributed by atoms with Crippen molar-refractivity contribution in [3.63, 3.8) is 0 Å². The second-order valence-electron chi connectivity index (χ2n) is 9.54. The van der Waals surface area contributed by atoms with Crippen molar-refractivity contribution in [2.75, 3.05) is 0 Å². The third-order valence-corrected chi connectivity index (χ3v) is 11.0. The SMILES string of the molecule is Cc1cccc([P+](Cc2ccc(Oc3ccccc3)cc2)(c2cccc(C)c2)c2cccc(C)c2)c1.[Br-]. The average molecular weight is 568 g/mol. The Labute approximate surface area is 232 Å². The fourth-order valence-electron chi connectivity index (χ4n) is 4.88. The Morgan fingerprint density at radius 2 is 0.919 bits per heavy atom. The van der Waals surface area contributed by atoms with E-state index in [-0.39, 0.29) is 17.0 Å². The van der Waals surface area contributed by atoms with Crippen LogP contribution in [0.4, 0.5) is 0 Å². The van der Waals surface area contributed by atoms with Crippen molar-refractivity contribution in [3.8, 4) is 11.5 Å². The highest BCUT2D eigenvalue weighted by Gasteiger charge is 2.45. The summed E-state index contributed by atoms with van der Waals surface area (Å²) in [5.74, 6) is 1.71. The van der Waals surface area contributed by atoms with Gasteiger partial charge in [0.25, 0.3) is 0 Å². The van der Waals surface area contributed by atoms with Crippen LogP contribution in [0.2, 0.25) is 0 Å². The second kappa shape index (κ2) is 11.9. The number of hydrogen-bond acceptors (Lipinski definition) is 1. The minimum absolute atomic E-state index is 0. The Morgan fingerprint density at radius 1 is 0.486 bits per heavy atom. The second-order valence-corrected chi connectivity index (χ2v) is 13.0. The van der Waals surface area contributed by atoms with Crippen LogP contribution in [0.25, 0.3) is 0 Å². The monoisotopic (exact) mass is 566 g/mol. The molecule has 0 aliphatic rings. The Morgan fingerprint density at radius 3 is 1.35 bits per heavy atom. The van der Waals surface area contributed by atoms with Gasteiger partial charge in [-0.25, -0.2) is 0 Å². The summed E-state index contributed by atoms with van der Waals surface area (Å²) in [7, 11) is -1.98. The molecule has 0 aliphatic heterocycles. The number of para-hydroxylation sites is 1. The fourth-order valence-corrected chi connectivity index (χ4v) is 9.37. The molecule has 0 N–H and O–H groups in total. The Kier molecular flexibility index (Phi) is 8.64. The van der Waals surface area contributed by atoms with Gasteiger partial charge in [0.2, 0.25) is 0 Å². The van der Waals surface area contributed by atoms with E-state index in [1.165, 1.54) is 38.2 Å². The normalized spacial score (nSPS) is 11.0. The average Bonchev–Trinajstić information content (AvgIpc) is 2.89. The van der Waals surface area contributed by atoms with E-state index in [0.29, 0.717) is 0 Å². The van der Waals surface area contributed by atoms with Crippen molar-refractivity contribution in [1.82, 2.24) is 0 Å². The Bertz CT molecular complexity index is 1350. The van der Waals surface area contributed by atoms with Crippen LogP contribution in [-0.2, 0) is 6.16 Å². The van der Waals surface area contributed by atoms with Gasteiger partial charge in [0.15, 0.2) is 0 Å². The summed E-state index contributed by atoms with van der Waals surface area (Å²) in [5, 5.41) is 4.26. The van der Waals surface area contributed by atoms with Gasteiger partial charge in [-0.15, -0.1) is 0 Å². The van der Waals surface area contributed by atoms with Crippen LogP contribution in [0, 0.1) is 20.8 Å². The molecular formula is C34H32BrOP. The standard InChI is InChI=1S/C34H32OP.BrH/c1-26-10-7-15-32(22-26)36(33-16-8-11-27(2)23-33,34-17-9-12-28(3)24-34)25-29-18-20-31(21-19-29)35-30-13-5-4-6-14-30;/h4-24H,25H2,1-3H3;1H/q+1;/p-1. The van der Waals surface area contributed by atoms with Crippen LogP contribution in [0.1, 0.15) is 22.3 Å². The van der Waals surface area contributed by atoms with E-state index in [0.717, 1.165) is 17.7 Å². The lowest BCUT2D eigenvalue weighted by Gasteiger charge is -2.28. The van der Waals surface area contributed by atoms with Crippen LogP contribution in [0.3, 0.4) is 0 Å². The topological polar surface area (TPSA) is 9.23 Å². The van der Waals surface area contributed by atoms with Crippen LogP contribution >= 0.6 is 7.26 Å². The van der Waals surface area contributed by atoms with Crippen molar-refractivity contribution in [2.45, 2.75) is 26.9 Å². The molecule has 0 heterocycles. The van der Waals surface area contributed by atoms with Gasteiger partial charge >= 0.3 is 0 Å². The molecule has 5 rings (SSSR count). The van der Waals surface area contributed by atoms with E-state index >= 15 is 0 Å². The highest BCUT2D eigenvalue weighted by molar-refractivity contribution is 7.95. The number of rotatable bonds is 7. The highest BCUT2D eigenvalue weighted by Crippen LogP contribution is 2.58. The highest BCUT2D eigenvalue weighted by atomic mass is 79.9. The lowest BCUT2D eigenvalue weighted by molar-refractivity contribution is -0.00000778. The van der Waals surface area contributed by atoms with E-state index in [2.05, 4.69) is 118 Å². The summed E-state index contributed by atoms with van der Waals surface area (Å²) in [5.41, 5.74) is 5.20. The Hall–Kier alpha value is -3.19. The molecule has 0 radical (unpaired) electrons. The minimum Gasteiger partial charge on any atom is -1.00 e. The molecule has 5 aromatic rings. The zero-order valence-corrected chi connectivity index (χ0v) is 24.0. The van der Waals surface area contributed by atoms with Gasteiger partial charge in [-0.3, -0.25) is 0 Å². The molecule has 0 unspecified atom stereocenters. The third-order valence-electron chi connectivity index (χ3n) is 6.65. The van der Waals surface area contributed by atoms with Gasteiger partial charge in [-0.1, -0.05) is 66.7 Å².